The molecule has 0 heterocycles. The number of anilines is 1. The van der Waals surface area contributed by atoms with Crippen molar-refractivity contribution in [1.29, 1.82) is 0 Å². The van der Waals surface area contributed by atoms with Crippen molar-refractivity contribution in [2.45, 2.75) is 38.5 Å². The van der Waals surface area contributed by atoms with Gasteiger partial charge in [0.1, 0.15) is 11.5 Å². The molecule has 0 fully saturated rings. The number of hydrogen-bond donors (Lipinski definition) is 4. The van der Waals surface area contributed by atoms with Crippen LogP contribution in [0.4, 0.5) is 5.69 Å². The lowest BCUT2D eigenvalue weighted by molar-refractivity contribution is -0.121. The molecule has 3 aromatic rings. The van der Waals surface area contributed by atoms with Gasteiger partial charge < -0.3 is 15.5 Å². The molecule has 32 heavy (non-hydrogen) atoms. The first-order valence-electron chi connectivity index (χ1n) is 10.6. The molecular weight excluding hydrogens is 406 g/mol. The molecule has 166 valence electrons. The first-order valence-corrected chi connectivity index (χ1v) is 10.6. The molecule has 0 radical (unpaired) electrons. The molecule has 0 spiro atoms. The van der Waals surface area contributed by atoms with E-state index in [4.69, 9.17) is 0 Å². The molecule has 3 aromatic carbocycles. The molecule has 0 unspecified atom stereocenters. The second-order valence-electron chi connectivity index (χ2n) is 7.49. The number of fused-ring (bicyclic) bond motifs is 1. The van der Waals surface area contributed by atoms with E-state index < -0.39 is 0 Å². The zero-order valence-electron chi connectivity index (χ0n) is 17.8. The Labute approximate surface area is 186 Å². The Kier molecular flexibility index (Phi) is 8.20. The third-order valence-corrected chi connectivity index (χ3v) is 5.07. The summed E-state index contributed by atoms with van der Waals surface area (Å²) in [6, 6.07) is 17.7. The van der Waals surface area contributed by atoms with Crippen LogP contribution in [0.15, 0.2) is 65.8 Å². The van der Waals surface area contributed by atoms with Gasteiger partial charge in [0.25, 0.3) is 0 Å². The average Bonchev–Trinajstić information content (AvgIpc) is 2.79. The van der Waals surface area contributed by atoms with Crippen LogP contribution in [0, 0.1) is 0 Å². The Bertz CT molecular complexity index is 1110. The lowest BCUT2D eigenvalue weighted by atomic mass is 10.0. The number of nitrogens with one attached hydrogen (secondary N) is 2. The van der Waals surface area contributed by atoms with Crippen LogP contribution < -0.4 is 10.7 Å². The van der Waals surface area contributed by atoms with Crippen molar-refractivity contribution in [3.63, 3.8) is 0 Å². The van der Waals surface area contributed by atoms with Gasteiger partial charge in [0, 0.05) is 18.4 Å². The van der Waals surface area contributed by atoms with Crippen molar-refractivity contribution in [3.05, 3.63) is 66.2 Å². The summed E-state index contributed by atoms with van der Waals surface area (Å²) in [6.45, 7) is 0. The molecule has 3 rings (SSSR count). The van der Waals surface area contributed by atoms with Crippen molar-refractivity contribution in [2.75, 3.05) is 5.32 Å². The van der Waals surface area contributed by atoms with Gasteiger partial charge in [-0.2, -0.15) is 5.10 Å². The van der Waals surface area contributed by atoms with Crippen LogP contribution in [0.5, 0.6) is 11.5 Å². The van der Waals surface area contributed by atoms with Crippen LogP contribution in [0.1, 0.15) is 44.1 Å². The minimum Gasteiger partial charge on any atom is -0.507 e. The first kappa shape index (κ1) is 22.8. The molecule has 2 amide bonds. The molecule has 0 saturated carbocycles. The van der Waals surface area contributed by atoms with E-state index in [0.717, 1.165) is 23.6 Å². The molecule has 7 heteroatoms. The number of aromatic hydroxyl groups is 2. The Hall–Kier alpha value is -3.87. The SMILES string of the molecule is O=C(CCCCCCC(=O)Nc1ccccc1O)N/N=C/c1c(O)ccc2ccccc12. The number of unbranched alkanes of at least 4 members (excludes halogenated alkanes) is 3. The van der Waals surface area contributed by atoms with Gasteiger partial charge in [-0.05, 0) is 41.8 Å². The molecule has 0 aliphatic rings. The largest absolute Gasteiger partial charge is 0.507 e. The van der Waals surface area contributed by atoms with Crippen LogP contribution in [-0.2, 0) is 9.59 Å². The van der Waals surface area contributed by atoms with E-state index in [9.17, 15) is 19.8 Å². The average molecular weight is 434 g/mol. The summed E-state index contributed by atoms with van der Waals surface area (Å²) in [7, 11) is 0. The molecule has 0 aromatic heterocycles. The molecular formula is C25H27N3O4. The summed E-state index contributed by atoms with van der Waals surface area (Å²) in [5.41, 5.74) is 3.47. The number of nitrogens with zero attached hydrogens (tertiary/aromatic N) is 1. The highest BCUT2D eigenvalue weighted by molar-refractivity contribution is 6.02. The van der Waals surface area contributed by atoms with Gasteiger partial charge in [0.2, 0.25) is 11.8 Å². The summed E-state index contributed by atoms with van der Waals surface area (Å²) in [5.74, 6) is -0.188. The summed E-state index contributed by atoms with van der Waals surface area (Å²) in [6.07, 6.45) is 5.21. The molecule has 0 aliphatic heterocycles. The second kappa shape index (κ2) is 11.5. The molecule has 0 saturated heterocycles. The topological polar surface area (TPSA) is 111 Å². The summed E-state index contributed by atoms with van der Waals surface area (Å²) >= 11 is 0. The fourth-order valence-corrected chi connectivity index (χ4v) is 3.36. The summed E-state index contributed by atoms with van der Waals surface area (Å²) < 4.78 is 0. The van der Waals surface area contributed by atoms with Gasteiger partial charge in [-0.1, -0.05) is 55.3 Å². The van der Waals surface area contributed by atoms with E-state index in [1.165, 1.54) is 12.3 Å². The van der Waals surface area contributed by atoms with Crippen LogP contribution >= 0.6 is 0 Å². The number of phenolic OH excluding ortho intramolecular Hbond substituents is 2. The van der Waals surface area contributed by atoms with Crippen molar-refractivity contribution in [1.82, 2.24) is 5.43 Å². The molecule has 7 nitrogen and oxygen atoms in total. The number of benzene rings is 3. The Morgan fingerprint density at radius 1 is 0.781 bits per heavy atom. The van der Waals surface area contributed by atoms with Crippen LogP contribution in [-0.4, -0.2) is 28.2 Å². The molecule has 0 aliphatic carbocycles. The van der Waals surface area contributed by atoms with E-state index in [0.29, 0.717) is 36.9 Å². The maximum atomic E-state index is 12.0. The van der Waals surface area contributed by atoms with E-state index in [-0.39, 0.29) is 23.3 Å². The molecule has 4 N–H and O–H groups in total. The van der Waals surface area contributed by atoms with Gasteiger partial charge in [0.15, 0.2) is 0 Å². The van der Waals surface area contributed by atoms with Gasteiger partial charge in [0.05, 0.1) is 11.9 Å². The highest BCUT2D eigenvalue weighted by Crippen LogP contribution is 2.25. The van der Waals surface area contributed by atoms with E-state index in [1.54, 1.807) is 24.3 Å². The number of carbonyl (C=O) groups excluding carboxylic acids is 2. The van der Waals surface area contributed by atoms with Gasteiger partial charge in [-0.15, -0.1) is 0 Å². The van der Waals surface area contributed by atoms with Crippen molar-refractivity contribution >= 4 is 34.5 Å². The fourth-order valence-electron chi connectivity index (χ4n) is 3.36. The zero-order chi connectivity index (χ0) is 22.8. The third kappa shape index (κ3) is 6.57. The quantitative estimate of drug-likeness (QED) is 0.161. The first-order chi connectivity index (χ1) is 15.5. The minimum absolute atomic E-state index is 0.0465. The van der Waals surface area contributed by atoms with Crippen LogP contribution in [0.3, 0.4) is 0 Å². The lowest BCUT2D eigenvalue weighted by Gasteiger charge is -2.07. The Morgan fingerprint density at radius 3 is 2.25 bits per heavy atom. The van der Waals surface area contributed by atoms with Crippen molar-refractivity contribution in [3.8, 4) is 11.5 Å². The lowest BCUT2D eigenvalue weighted by Crippen LogP contribution is -2.17. The third-order valence-electron chi connectivity index (χ3n) is 5.07. The van der Waals surface area contributed by atoms with Gasteiger partial charge >= 0.3 is 0 Å². The van der Waals surface area contributed by atoms with Crippen LogP contribution in [0.2, 0.25) is 0 Å². The Morgan fingerprint density at radius 2 is 1.47 bits per heavy atom. The van der Waals surface area contributed by atoms with Gasteiger partial charge in [-0.25, -0.2) is 5.43 Å². The highest BCUT2D eigenvalue weighted by atomic mass is 16.3. The number of phenols is 2. The van der Waals surface area contributed by atoms with E-state index in [1.807, 2.05) is 30.3 Å². The Balaban J connectivity index is 1.33. The maximum absolute atomic E-state index is 12.0. The summed E-state index contributed by atoms with van der Waals surface area (Å²) in [4.78, 5) is 23.9. The number of amides is 2. The smallest absolute Gasteiger partial charge is 0.240 e. The molecule has 0 bridgehead atoms. The highest BCUT2D eigenvalue weighted by Gasteiger charge is 2.07. The second-order valence-corrected chi connectivity index (χ2v) is 7.49. The standard InChI is InChI=1S/C25H27N3O4/c29-22-16-15-18-9-5-6-10-19(18)20(22)17-26-28-25(32)14-4-2-1-3-13-24(31)27-21-11-7-8-12-23(21)30/h5-12,15-17,29-30H,1-4,13-14H2,(H,27,31)(H,28,32)/b26-17+. The predicted octanol–water partition coefficient (Wildman–Crippen LogP) is 4.68. The van der Waals surface area contributed by atoms with E-state index >= 15 is 0 Å². The predicted molar refractivity (Wildman–Crippen MR) is 126 cm³/mol. The van der Waals surface area contributed by atoms with Crippen molar-refractivity contribution < 1.29 is 19.8 Å². The number of carbonyl (C=O) groups is 2. The van der Waals surface area contributed by atoms with E-state index in [2.05, 4.69) is 15.8 Å². The fraction of sp³-hybridized carbons (Fsp3) is 0.240. The number of hydrazone groups is 1. The zero-order valence-corrected chi connectivity index (χ0v) is 17.8. The number of para-hydroxylation sites is 2. The maximum Gasteiger partial charge on any atom is 0.240 e. The minimum atomic E-state index is -0.196. The number of hydrogen-bond acceptors (Lipinski definition) is 5. The number of rotatable bonds is 10. The van der Waals surface area contributed by atoms with Gasteiger partial charge in [-0.3, -0.25) is 9.59 Å². The monoisotopic (exact) mass is 433 g/mol. The molecule has 0 atom stereocenters. The van der Waals surface area contributed by atoms with Crippen molar-refractivity contribution in [2.24, 2.45) is 5.10 Å². The normalized spacial score (nSPS) is 11.0. The summed E-state index contributed by atoms with van der Waals surface area (Å²) in [5, 5.41) is 28.3. The van der Waals surface area contributed by atoms with Crippen LogP contribution in [0.25, 0.3) is 10.8 Å².